The number of carbonyl (C=O) groups is 1. The van der Waals surface area contributed by atoms with Crippen molar-refractivity contribution in [3.05, 3.63) is 48.0 Å². The van der Waals surface area contributed by atoms with Crippen LogP contribution in [-0.4, -0.2) is 26.6 Å². The van der Waals surface area contributed by atoms with Crippen LogP contribution in [-0.2, 0) is 21.2 Å². The van der Waals surface area contributed by atoms with Crippen molar-refractivity contribution in [1.29, 1.82) is 0 Å². The number of sulfonamides is 1. The Kier molecular flexibility index (Phi) is 5.06. The van der Waals surface area contributed by atoms with Crippen molar-refractivity contribution in [3.63, 3.8) is 0 Å². The molecule has 5 nitrogen and oxygen atoms in total. The number of anilines is 2. The van der Waals surface area contributed by atoms with Gasteiger partial charge in [0, 0.05) is 29.8 Å². The molecule has 1 N–H and O–H groups in total. The van der Waals surface area contributed by atoms with Crippen molar-refractivity contribution < 1.29 is 13.2 Å². The van der Waals surface area contributed by atoms with E-state index >= 15 is 0 Å². The Bertz CT molecular complexity index is 893. The molecule has 3 rings (SSSR count). The summed E-state index contributed by atoms with van der Waals surface area (Å²) >= 11 is 1.63. The van der Waals surface area contributed by atoms with Gasteiger partial charge in [-0.2, -0.15) is 0 Å². The number of rotatable bonds is 4. The fourth-order valence-corrected chi connectivity index (χ4v) is 4.77. The molecule has 25 heavy (non-hydrogen) atoms. The summed E-state index contributed by atoms with van der Waals surface area (Å²) in [4.78, 5) is 14.5. The lowest BCUT2D eigenvalue weighted by Crippen LogP contribution is -2.33. The van der Waals surface area contributed by atoms with Crippen LogP contribution >= 0.6 is 11.8 Å². The number of hydrogen-bond acceptors (Lipinski definition) is 4. The van der Waals surface area contributed by atoms with Gasteiger partial charge in [0.25, 0.3) is 10.0 Å². The van der Waals surface area contributed by atoms with Crippen molar-refractivity contribution in [2.75, 3.05) is 21.9 Å². The van der Waals surface area contributed by atoms with E-state index in [4.69, 9.17) is 0 Å². The Labute approximate surface area is 152 Å². The lowest BCUT2D eigenvalue weighted by atomic mass is 10.2. The van der Waals surface area contributed by atoms with E-state index in [0.717, 1.165) is 22.6 Å². The second kappa shape index (κ2) is 7.09. The molecule has 0 bridgehead atoms. The summed E-state index contributed by atoms with van der Waals surface area (Å²) in [5.74, 6) is 0.722. The maximum atomic E-state index is 12.7. The third-order valence-electron chi connectivity index (χ3n) is 4.10. The molecule has 0 aromatic heterocycles. The summed E-state index contributed by atoms with van der Waals surface area (Å²) in [6.07, 6.45) is 0.899. The SMILES string of the molecule is CCc1ccc(NS(=O)(=O)c2ccc3c(c2)N(C(C)=O)CCS3)cc1. The Hall–Kier alpha value is -1.99. The van der Waals surface area contributed by atoms with Gasteiger partial charge in [0.2, 0.25) is 5.91 Å². The standard InChI is InChI=1S/C18H20N2O3S2/c1-3-14-4-6-15(7-5-14)19-25(22,23)16-8-9-18-17(12-16)20(13(2)21)10-11-24-18/h4-9,12,19H,3,10-11H2,1-2H3. The zero-order valence-electron chi connectivity index (χ0n) is 14.2. The molecule has 0 unspecified atom stereocenters. The van der Waals surface area contributed by atoms with Gasteiger partial charge in [0.1, 0.15) is 0 Å². The number of amides is 1. The monoisotopic (exact) mass is 376 g/mol. The first-order valence-electron chi connectivity index (χ1n) is 8.07. The van der Waals surface area contributed by atoms with Crippen LogP contribution in [0.2, 0.25) is 0 Å². The molecule has 132 valence electrons. The van der Waals surface area contributed by atoms with Crippen LogP contribution < -0.4 is 9.62 Å². The molecule has 2 aromatic carbocycles. The van der Waals surface area contributed by atoms with Crippen LogP contribution in [0.4, 0.5) is 11.4 Å². The Morgan fingerprint density at radius 1 is 1.20 bits per heavy atom. The maximum absolute atomic E-state index is 12.7. The molecule has 0 saturated carbocycles. The maximum Gasteiger partial charge on any atom is 0.261 e. The van der Waals surface area contributed by atoms with Crippen LogP contribution in [0.3, 0.4) is 0 Å². The van der Waals surface area contributed by atoms with E-state index in [0.29, 0.717) is 17.9 Å². The normalized spacial score (nSPS) is 14.1. The molecule has 7 heteroatoms. The smallest absolute Gasteiger partial charge is 0.261 e. The molecule has 0 radical (unpaired) electrons. The highest BCUT2D eigenvalue weighted by molar-refractivity contribution is 7.99. The first kappa shape index (κ1) is 17.8. The van der Waals surface area contributed by atoms with Crippen molar-refractivity contribution in [2.24, 2.45) is 0 Å². The number of benzene rings is 2. The highest BCUT2D eigenvalue weighted by Gasteiger charge is 2.24. The molecule has 2 aromatic rings. The van der Waals surface area contributed by atoms with Crippen LogP contribution in [0.5, 0.6) is 0 Å². The number of carbonyl (C=O) groups excluding carboxylic acids is 1. The van der Waals surface area contributed by atoms with Crippen LogP contribution in [0, 0.1) is 0 Å². The van der Waals surface area contributed by atoms with Crippen LogP contribution in [0.1, 0.15) is 19.4 Å². The molecular weight excluding hydrogens is 356 g/mol. The third kappa shape index (κ3) is 3.82. The van der Waals surface area contributed by atoms with Gasteiger partial charge < -0.3 is 4.90 Å². The quantitative estimate of drug-likeness (QED) is 0.887. The van der Waals surface area contributed by atoms with Crippen molar-refractivity contribution in [2.45, 2.75) is 30.1 Å². The van der Waals surface area contributed by atoms with Crippen LogP contribution in [0.25, 0.3) is 0 Å². The van der Waals surface area contributed by atoms with Gasteiger partial charge in [-0.25, -0.2) is 8.42 Å². The Morgan fingerprint density at radius 2 is 1.92 bits per heavy atom. The molecule has 0 atom stereocenters. The molecule has 1 heterocycles. The largest absolute Gasteiger partial charge is 0.311 e. The van der Waals surface area contributed by atoms with E-state index in [9.17, 15) is 13.2 Å². The summed E-state index contributed by atoms with van der Waals surface area (Å²) < 4.78 is 28.0. The van der Waals surface area contributed by atoms with E-state index in [-0.39, 0.29) is 10.8 Å². The topological polar surface area (TPSA) is 66.5 Å². The number of thioether (sulfide) groups is 1. The van der Waals surface area contributed by atoms with E-state index in [2.05, 4.69) is 4.72 Å². The van der Waals surface area contributed by atoms with E-state index in [1.807, 2.05) is 19.1 Å². The van der Waals surface area contributed by atoms with Crippen LogP contribution in [0.15, 0.2) is 52.3 Å². The lowest BCUT2D eigenvalue weighted by Gasteiger charge is -2.28. The minimum atomic E-state index is -3.71. The van der Waals surface area contributed by atoms with Gasteiger partial charge in [-0.1, -0.05) is 19.1 Å². The molecule has 0 spiro atoms. The second-order valence-corrected chi connectivity index (χ2v) is 8.62. The minimum Gasteiger partial charge on any atom is -0.311 e. The number of aryl methyl sites for hydroxylation is 1. The molecule has 1 aliphatic rings. The summed E-state index contributed by atoms with van der Waals surface area (Å²) in [6, 6.07) is 12.2. The molecule has 1 aliphatic heterocycles. The fourth-order valence-electron chi connectivity index (χ4n) is 2.71. The predicted molar refractivity (Wildman–Crippen MR) is 102 cm³/mol. The average molecular weight is 377 g/mol. The highest BCUT2D eigenvalue weighted by Crippen LogP contribution is 2.36. The molecular formula is C18H20N2O3S2. The van der Waals surface area contributed by atoms with Gasteiger partial charge >= 0.3 is 0 Å². The fraction of sp³-hybridized carbons (Fsp3) is 0.278. The average Bonchev–Trinajstić information content (AvgIpc) is 2.61. The van der Waals surface area contributed by atoms with E-state index in [1.54, 1.807) is 47.0 Å². The summed E-state index contributed by atoms with van der Waals surface area (Å²) in [5, 5.41) is 0. The number of nitrogens with zero attached hydrogens (tertiary/aromatic N) is 1. The lowest BCUT2D eigenvalue weighted by molar-refractivity contribution is -0.116. The third-order valence-corrected chi connectivity index (χ3v) is 6.52. The van der Waals surface area contributed by atoms with Gasteiger partial charge in [0.05, 0.1) is 10.6 Å². The number of nitrogens with one attached hydrogen (secondary N) is 1. The predicted octanol–water partition coefficient (Wildman–Crippen LogP) is 3.51. The van der Waals surface area contributed by atoms with E-state index < -0.39 is 10.0 Å². The first-order valence-corrected chi connectivity index (χ1v) is 10.5. The van der Waals surface area contributed by atoms with Gasteiger partial charge in [-0.15, -0.1) is 11.8 Å². The second-order valence-electron chi connectivity index (χ2n) is 5.80. The first-order chi connectivity index (χ1) is 11.9. The zero-order valence-corrected chi connectivity index (χ0v) is 15.8. The summed E-state index contributed by atoms with van der Waals surface area (Å²) in [6.45, 7) is 4.13. The molecule has 0 aliphatic carbocycles. The highest BCUT2D eigenvalue weighted by atomic mass is 32.2. The minimum absolute atomic E-state index is 0.0841. The Morgan fingerprint density at radius 3 is 2.56 bits per heavy atom. The molecule has 1 amide bonds. The molecule has 0 saturated heterocycles. The van der Waals surface area contributed by atoms with Crippen molar-refractivity contribution >= 4 is 39.1 Å². The summed E-state index contributed by atoms with van der Waals surface area (Å²) in [7, 11) is -3.71. The van der Waals surface area contributed by atoms with Gasteiger partial charge in [-0.3, -0.25) is 9.52 Å². The summed E-state index contributed by atoms with van der Waals surface area (Å²) in [5.41, 5.74) is 2.33. The van der Waals surface area contributed by atoms with Crippen molar-refractivity contribution in [1.82, 2.24) is 0 Å². The van der Waals surface area contributed by atoms with E-state index in [1.165, 1.54) is 6.92 Å². The number of hydrogen-bond donors (Lipinski definition) is 1. The molecule has 0 fully saturated rings. The number of fused-ring (bicyclic) bond motifs is 1. The van der Waals surface area contributed by atoms with Crippen molar-refractivity contribution in [3.8, 4) is 0 Å². The zero-order chi connectivity index (χ0) is 18.0. The Balaban J connectivity index is 1.92. The van der Waals surface area contributed by atoms with Gasteiger partial charge in [-0.05, 0) is 42.3 Å². The van der Waals surface area contributed by atoms with Gasteiger partial charge in [0.15, 0.2) is 0 Å².